The largest absolute Gasteiger partial charge is 0.491 e. The molecule has 40 heavy (non-hydrogen) atoms. The Labute approximate surface area is 229 Å². The van der Waals surface area contributed by atoms with E-state index in [9.17, 15) is 31.9 Å². The maximum Gasteiger partial charge on any atom is 0.314 e. The number of rotatable bonds is 9. The molecule has 0 radical (unpaired) electrons. The molecule has 0 aliphatic heterocycles. The number of benzene rings is 3. The van der Waals surface area contributed by atoms with Gasteiger partial charge >= 0.3 is 5.97 Å². The molecule has 2 atom stereocenters. The second-order valence-corrected chi connectivity index (χ2v) is 9.57. The first-order chi connectivity index (χ1) is 19.2. The summed E-state index contributed by atoms with van der Waals surface area (Å²) in [5.74, 6) is -7.15. The fourth-order valence-electron chi connectivity index (χ4n) is 4.78. The van der Waals surface area contributed by atoms with Gasteiger partial charge in [-0.25, -0.2) is 17.6 Å². The van der Waals surface area contributed by atoms with Crippen LogP contribution in [-0.2, 0) is 4.79 Å². The van der Waals surface area contributed by atoms with E-state index in [2.05, 4.69) is 0 Å². The van der Waals surface area contributed by atoms with E-state index >= 15 is 0 Å². The fraction of sp³-hybridized carbons (Fsp3) is 0.323. The van der Waals surface area contributed by atoms with Gasteiger partial charge in [0, 0.05) is 28.3 Å². The molecule has 1 N–H and O–H groups in total. The molecule has 212 valence electrons. The van der Waals surface area contributed by atoms with Crippen LogP contribution in [-0.4, -0.2) is 17.7 Å². The molecule has 3 aromatic rings. The number of hydrogen-bond acceptors (Lipinski definition) is 4. The Kier molecular flexibility index (Phi) is 9.25. The van der Waals surface area contributed by atoms with E-state index in [1.54, 1.807) is 13.0 Å². The van der Waals surface area contributed by atoms with Crippen molar-refractivity contribution < 1.29 is 41.3 Å². The molecule has 3 aromatic carbocycles. The molecule has 4 rings (SSSR count). The van der Waals surface area contributed by atoms with Gasteiger partial charge in [-0.15, -0.1) is 0 Å². The average Bonchev–Trinajstić information content (AvgIpc) is 2.94. The van der Waals surface area contributed by atoms with Gasteiger partial charge in [-0.05, 0) is 62.4 Å². The quantitative estimate of drug-likeness (QED) is 0.163. The van der Waals surface area contributed by atoms with Crippen LogP contribution in [0.5, 0.6) is 11.5 Å². The van der Waals surface area contributed by atoms with E-state index in [0.717, 1.165) is 6.07 Å². The summed E-state index contributed by atoms with van der Waals surface area (Å²) in [5, 5.41) is 10.1. The van der Waals surface area contributed by atoms with Crippen molar-refractivity contribution in [3.63, 3.8) is 0 Å². The van der Waals surface area contributed by atoms with Crippen molar-refractivity contribution in [2.75, 3.05) is 6.61 Å². The van der Waals surface area contributed by atoms with Gasteiger partial charge in [-0.1, -0.05) is 31.6 Å². The van der Waals surface area contributed by atoms with Crippen molar-refractivity contribution in [1.29, 1.82) is 0 Å². The molecule has 4 nitrogen and oxygen atoms in total. The second kappa shape index (κ2) is 12.6. The Hall–Kier alpha value is -3.72. The summed E-state index contributed by atoms with van der Waals surface area (Å²) in [5.41, 5.74) is 0.00354. The van der Waals surface area contributed by atoms with Gasteiger partial charge in [0.15, 0.2) is 23.2 Å². The maximum atomic E-state index is 14.8. The molecule has 0 spiro atoms. The van der Waals surface area contributed by atoms with Crippen molar-refractivity contribution in [2.45, 2.75) is 52.1 Å². The van der Waals surface area contributed by atoms with E-state index < -0.39 is 47.1 Å². The highest BCUT2D eigenvalue weighted by Gasteiger charge is 2.27. The molecule has 0 saturated heterocycles. The van der Waals surface area contributed by atoms with Crippen LogP contribution in [0.15, 0.2) is 48.5 Å². The van der Waals surface area contributed by atoms with Crippen molar-refractivity contribution >= 4 is 11.5 Å². The van der Waals surface area contributed by atoms with Gasteiger partial charge in [0.2, 0.25) is 5.82 Å². The van der Waals surface area contributed by atoms with Crippen LogP contribution in [0.1, 0.15) is 63.2 Å². The minimum absolute atomic E-state index is 0.0763. The molecule has 0 fully saturated rings. The molecule has 1 aliphatic carbocycles. The number of hydrogen-bond donors (Lipinski definition) is 1. The van der Waals surface area contributed by atoms with Crippen LogP contribution >= 0.6 is 0 Å². The summed E-state index contributed by atoms with van der Waals surface area (Å²) in [6.45, 7) is 3.58. The zero-order valence-electron chi connectivity index (χ0n) is 22.1. The van der Waals surface area contributed by atoms with Crippen LogP contribution < -0.4 is 9.47 Å². The summed E-state index contributed by atoms with van der Waals surface area (Å²) in [4.78, 5) is 12.7. The molecular weight excluding hydrogens is 531 g/mol. The third kappa shape index (κ3) is 6.04. The highest BCUT2D eigenvalue weighted by atomic mass is 19.2. The molecule has 2 unspecified atom stereocenters. The monoisotopic (exact) mass is 560 g/mol. The Morgan fingerprint density at radius 2 is 1.62 bits per heavy atom. The average molecular weight is 561 g/mol. The van der Waals surface area contributed by atoms with Crippen LogP contribution in [0.25, 0.3) is 16.7 Å². The lowest BCUT2D eigenvalue weighted by Crippen LogP contribution is -2.22. The standard InChI is InChI=1S/C31H29F5O4/c1-3-5-25(37)23-13-12-20(27(33)29(23)35)17-6-8-18(9-7-17)31(38)40-19-10-11-21(24(32)16-19)22-14-15-26(39-4-2)30(36)28(22)34/h6,10-16,18,25,37H,3-5,7-9H2,1-2H3. The van der Waals surface area contributed by atoms with Gasteiger partial charge in [0.25, 0.3) is 0 Å². The number of carbonyl (C=O) groups excluding carboxylic acids is 1. The number of allylic oxidation sites excluding steroid dienone is 2. The van der Waals surface area contributed by atoms with E-state index in [4.69, 9.17) is 9.47 Å². The molecular formula is C31H29F5O4. The minimum Gasteiger partial charge on any atom is -0.491 e. The zero-order valence-corrected chi connectivity index (χ0v) is 22.1. The first-order valence-electron chi connectivity index (χ1n) is 13.1. The van der Waals surface area contributed by atoms with E-state index in [0.29, 0.717) is 24.8 Å². The first kappa shape index (κ1) is 29.3. The summed E-state index contributed by atoms with van der Waals surface area (Å²) in [7, 11) is 0. The zero-order chi connectivity index (χ0) is 29.0. The number of esters is 1. The lowest BCUT2D eigenvalue weighted by atomic mass is 9.86. The normalized spacial score (nSPS) is 15.9. The lowest BCUT2D eigenvalue weighted by molar-refractivity contribution is -0.139. The Balaban J connectivity index is 1.44. The van der Waals surface area contributed by atoms with Crippen LogP contribution in [0, 0.1) is 35.0 Å². The van der Waals surface area contributed by atoms with E-state index in [-0.39, 0.29) is 53.2 Å². The van der Waals surface area contributed by atoms with E-state index in [1.165, 1.54) is 36.4 Å². The molecule has 0 bridgehead atoms. The molecule has 0 heterocycles. The van der Waals surface area contributed by atoms with Crippen LogP contribution in [0.4, 0.5) is 22.0 Å². The summed E-state index contributed by atoms with van der Waals surface area (Å²) >= 11 is 0. The SMILES string of the molecule is CCCC(O)c1ccc(C2=CCC(C(=O)Oc3ccc(-c4ccc(OCC)c(F)c4F)c(F)c3)CC2)c(F)c1F. The summed E-state index contributed by atoms with van der Waals surface area (Å²) < 4.78 is 83.3. The highest BCUT2D eigenvalue weighted by molar-refractivity contribution is 5.78. The van der Waals surface area contributed by atoms with Gasteiger partial charge in [-0.3, -0.25) is 4.79 Å². The van der Waals surface area contributed by atoms with Gasteiger partial charge in [0.1, 0.15) is 11.6 Å². The minimum atomic E-state index is -1.26. The lowest BCUT2D eigenvalue weighted by Gasteiger charge is -2.22. The van der Waals surface area contributed by atoms with Gasteiger partial charge in [0.05, 0.1) is 18.6 Å². The highest BCUT2D eigenvalue weighted by Crippen LogP contribution is 2.36. The number of halogens is 5. The number of carbonyl (C=O) groups is 1. The molecule has 1 aliphatic rings. The maximum absolute atomic E-state index is 14.8. The Bertz CT molecular complexity index is 1440. The number of ether oxygens (including phenoxy) is 2. The second-order valence-electron chi connectivity index (χ2n) is 9.57. The Morgan fingerprint density at radius 1 is 0.925 bits per heavy atom. The molecule has 0 aromatic heterocycles. The number of aliphatic hydroxyl groups excluding tert-OH is 1. The van der Waals surface area contributed by atoms with Crippen LogP contribution in [0.3, 0.4) is 0 Å². The van der Waals surface area contributed by atoms with E-state index in [1.807, 2.05) is 6.92 Å². The van der Waals surface area contributed by atoms with Gasteiger partial charge in [-0.2, -0.15) is 4.39 Å². The van der Waals surface area contributed by atoms with Crippen molar-refractivity contribution in [2.24, 2.45) is 5.92 Å². The van der Waals surface area contributed by atoms with Crippen molar-refractivity contribution in [3.8, 4) is 22.6 Å². The first-order valence-corrected chi connectivity index (χ1v) is 13.1. The summed E-state index contributed by atoms with van der Waals surface area (Å²) in [6, 6.07) is 8.60. The molecule has 9 heteroatoms. The predicted molar refractivity (Wildman–Crippen MR) is 140 cm³/mol. The molecule has 0 saturated carbocycles. The number of aliphatic hydroxyl groups is 1. The van der Waals surface area contributed by atoms with Crippen molar-refractivity contribution in [1.82, 2.24) is 0 Å². The third-order valence-corrected chi connectivity index (χ3v) is 6.92. The smallest absolute Gasteiger partial charge is 0.314 e. The van der Waals surface area contributed by atoms with Crippen molar-refractivity contribution in [3.05, 3.63) is 88.8 Å². The van der Waals surface area contributed by atoms with Crippen LogP contribution in [0.2, 0.25) is 0 Å². The predicted octanol–water partition coefficient (Wildman–Crippen LogP) is 8.07. The Morgan fingerprint density at radius 3 is 2.27 bits per heavy atom. The summed E-state index contributed by atoms with van der Waals surface area (Å²) in [6.07, 6.45) is 2.26. The van der Waals surface area contributed by atoms with Gasteiger partial charge < -0.3 is 14.6 Å². The molecule has 0 amide bonds. The fourth-order valence-corrected chi connectivity index (χ4v) is 4.78. The topological polar surface area (TPSA) is 55.8 Å². The third-order valence-electron chi connectivity index (χ3n) is 6.92.